The first-order chi connectivity index (χ1) is 17.6. The fraction of sp³-hybridized carbons (Fsp3) is 0.120. The highest BCUT2D eigenvalue weighted by molar-refractivity contribution is 6.16. The van der Waals surface area contributed by atoms with Gasteiger partial charge in [-0.1, -0.05) is 65.8 Å². The maximum Gasteiger partial charge on any atom is 0.317 e. The molecule has 11 heteroatoms. The summed E-state index contributed by atoms with van der Waals surface area (Å²) in [4.78, 5) is 6.24. The minimum atomic E-state index is -1.04. The number of aliphatic imine (C=N–C) groups is 1. The van der Waals surface area contributed by atoms with Crippen molar-refractivity contribution in [1.29, 1.82) is 0 Å². The van der Waals surface area contributed by atoms with Crippen molar-refractivity contribution in [3.05, 3.63) is 90.0 Å². The molecular formula is C25H21N9O2. The Morgan fingerprint density at radius 1 is 0.861 bits per heavy atom. The van der Waals surface area contributed by atoms with Gasteiger partial charge in [-0.25, -0.2) is 0 Å². The number of rotatable bonds is 5. The first kappa shape index (κ1) is 21.6. The number of nitrogens with one attached hydrogen (secondary N) is 2. The van der Waals surface area contributed by atoms with E-state index in [-0.39, 0.29) is 6.01 Å². The normalized spacial score (nSPS) is 17.0. The van der Waals surface area contributed by atoms with Crippen molar-refractivity contribution in [2.45, 2.75) is 12.4 Å². The summed E-state index contributed by atoms with van der Waals surface area (Å²) in [6.45, 7) is 0. The molecule has 2 atom stereocenters. The van der Waals surface area contributed by atoms with Crippen LogP contribution in [0.4, 0.5) is 11.7 Å². The molecule has 6 rings (SSSR count). The maximum atomic E-state index is 10.9. The lowest BCUT2D eigenvalue weighted by Crippen LogP contribution is -2.37. The summed E-state index contributed by atoms with van der Waals surface area (Å²) >= 11 is 0. The van der Waals surface area contributed by atoms with Gasteiger partial charge in [0, 0.05) is 27.9 Å². The van der Waals surface area contributed by atoms with Gasteiger partial charge in [0.25, 0.3) is 0 Å². The van der Waals surface area contributed by atoms with Gasteiger partial charge in [0.1, 0.15) is 0 Å². The van der Waals surface area contributed by atoms with Crippen LogP contribution < -0.4 is 10.6 Å². The Labute approximate surface area is 205 Å². The van der Waals surface area contributed by atoms with Crippen LogP contribution in [0.2, 0.25) is 0 Å². The number of aliphatic hydroxyl groups is 1. The number of nitrogens with zero attached hydrogens (tertiary/aromatic N) is 7. The van der Waals surface area contributed by atoms with E-state index in [0.29, 0.717) is 11.7 Å². The third-order valence-corrected chi connectivity index (χ3v) is 5.69. The SMILES string of the molecule is Cn1nnc(-c2ccc(-c3nnc(NC4N=C(c5ccccc5)c5ccccc5NC4O)o3)cc2)n1. The van der Waals surface area contributed by atoms with E-state index in [1.54, 1.807) is 7.05 Å². The number of anilines is 2. The Bertz CT molecular complexity index is 1530. The summed E-state index contributed by atoms with van der Waals surface area (Å²) < 4.78 is 5.84. The zero-order chi connectivity index (χ0) is 24.5. The van der Waals surface area contributed by atoms with Crippen molar-refractivity contribution in [2.24, 2.45) is 12.0 Å². The van der Waals surface area contributed by atoms with Crippen LogP contribution in [0.3, 0.4) is 0 Å². The lowest BCUT2D eigenvalue weighted by atomic mass is 10.0. The van der Waals surface area contributed by atoms with E-state index >= 15 is 0 Å². The van der Waals surface area contributed by atoms with E-state index in [2.05, 4.69) is 36.2 Å². The molecule has 1 aliphatic heterocycles. The average molecular weight is 480 g/mol. The predicted molar refractivity (Wildman–Crippen MR) is 133 cm³/mol. The zero-order valence-electron chi connectivity index (χ0n) is 19.1. The Hall–Kier alpha value is -4.90. The minimum absolute atomic E-state index is 0.137. The van der Waals surface area contributed by atoms with E-state index < -0.39 is 12.4 Å². The number of hydrogen-bond donors (Lipinski definition) is 3. The second-order valence-corrected chi connectivity index (χ2v) is 8.16. The molecule has 0 fully saturated rings. The number of benzodiazepines with no additional fused rings is 1. The summed E-state index contributed by atoms with van der Waals surface area (Å²) in [7, 11) is 1.71. The molecule has 3 heterocycles. The van der Waals surface area contributed by atoms with Crippen molar-refractivity contribution in [3.63, 3.8) is 0 Å². The van der Waals surface area contributed by atoms with Gasteiger partial charge in [-0.15, -0.1) is 15.3 Å². The molecule has 0 saturated carbocycles. The van der Waals surface area contributed by atoms with Crippen LogP contribution in [0.15, 0.2) is 88.3 Å². The van der Waals surface area contributed by atoms with Gasteiger partial charge in [0.2, 0.25) is 11.7 Å². The monoisotopic (exact) mass is 479 g/mol. The molecule has 0 saturated heterocycles. The number of benzene rings is 3. The zero-order valence-corrected chi connectivity index (χ0v) is 19.1. The number of hydrogen-bond acceptors (Lipinski definition) is 10. The van der Waals surface area contributed by atoms with Crippen molar-refractivity contribution >= 4 is 17.4 Å². The van der Waals surface area contributed by atoms with E-state index in [1.165, 1.54) is 4.80 Å². The second kappa shape index (κ2) is 9.04. The standard InChI is InChI=1S/C25H21N9O2/c1-34-32-21(29-33-34)16-11-13-17(14-12-16)24-30-31-25(36-24)28-22-23(35)26-19-10-6-5-9-18(19)20(27-22)15-7-3-2-4-8-15/h2-14,22-23,26,35H,1H3,(H,28,31). The van der Waals surface area contributed by atoms with Gasteiger partial charge in [0.15, 0.2) is 12.4 Å². The quantitative estimate of drug-likeness (QED) is 0.347. The van der Waals surface area contributed by atoms with Gasteiger partial charge in [-0.2, -0.15) is 4.80 Å². The molecule has 2 unspecified atom stereocenters. The summed E-state index contributed by atoms with van der Waals surface area (Å²) in [6, 6.07) is 25.1. The third-order valence-electron chi connectivity index (χ3n) is 5.69. The highest BCUT2D eigenvalue weighted by Crippen LogP contribution is 2.27. The largest absolute Gasteiger partial charge is 0.403 e. The van der Waals surface area contributed by atoms with Gasteiger partial charge in [-0.3, -0.25) is 4.99 Å². The lowest BCUT2D eigenvalue weighted by Gasteiger charge is -2.19. The van der Waals surface area contributed by atoms with E-state index in [0.717, 1.165) is 33.7 Å². The van der Waals surface area contributed by atoms with Crippen LogP contribution in [-0.4, -0.2) is 53.6 Å². The maximum absolute atomic E-state index is 10.9. The number of aromatic nitrogens is 6. The average Bonchev–Trinajstić information content (AvgIpc) is 3.53. The number of aryl methyl sites for hydroxylation is 1. The molecule has 0 radical (unpaired) electrons. The molecule has 2 aromatic heterocycles. The van der Waals surface area contributed by atoms with Gasteiger partial charge in [-0.05, 0) is 23.4 Å². The van der Waals surface area contributed by atoms with Crippen molar-refractivity contribution < 1.29 is 9.52 Å². The van der Waals surface area contributed by atoms with Crippen molar-refractivity contribution in [3.8, 4) is 22.8 Å². The van der Waals surface area contributed by atoms with Crippen LogP contribution >= 0.6 is 0 Å². The van der Waals surface area contributed by atoms with Gasteiger partial charge >= 0.3 is 6.01 Å². The van der Waals surface area contributed by atoms with E-state index in [4.69, 9.17) is 9.41 Å². The third kappa shape index (κ3) is 4.18. The van der Waals surface area contributed by atoms with Crippen molar-refractivity contribution in [2.75, 3.05) is 10.6 Å². The van der Waals surface area contributed by atoms with Crippen LogP contribution in [0.1, 0.15) is 11.1 Å². The predicted octanol–water partition coefficient (Wildman–Crippen LogP) is 2.95. The summed E-state index contributed by atoms with van der Waals surface area (Å²) in [5.74, 6) is 0.850. The molecule has 0 aliphatic carbocycles. The Morgan fingerprint density at radius 2 is 1.61 bits per heavy atom. The fourth-order valence-electron chi connectivity index (χ4n) is 3.96. The van der Waals surface area contributed by atoms with Crippen LogP contribution in [0.5, 0.6) is 0 Å². The first-order valence-corrected chi connectivity index (χ1v) is 11.3. The van der Waals surface area contributed by atoms with Gasteiger partial charge in [0.05, 0.1) is 12.8 Å². The molecule has 1 aliphatic rings. The summed E-state index contributed by atoms with van der Waals surface area (Å²) in [6.07, 6.45) is -1.83. The number of fused-ring (bicyclic) bond motifs is 1. The van der Waals surface area contributed by atoms with Crippen LogP contribution in [-0.2, 0) is 7.05 Å². The number of tetrazole rings is 1. The minimum Gasteiger partial charge on any atom is -0.403 e. The Kier molecular flexibility index (Phi) is 5.43. The molecule has 5 aromatic rings. The Morgan fingerprint density at radius 3 is 2.39 bits per heavy atom. The highest BCUT2D eigenvalue weighted by Gasteiger charge is 2.27. The number of aliphatic hydroxyl groups excluding tert-OH is 1. The molecule has 0 bridgehead atoms. The molecule has 11 nitrogen and oxygen atoms in total. The molecule has 3 N–H and O–H groups in total. The van der Waals surface area contributed by atoms with Crippen LogP contribution in [0, 0.1) is 0 Å². The molecule has 36 heavy (non-hydrogen) atoms. The lowest BCUT2D eigenvalue weighted by molar-refractivity contribution is 0.182. The van der Waals surface area contributed by atoms with Gasteiger partial charge < -0.3 is 20.2 Å². The smallest absolute Gasteiger partial charge is 0.317 e. The molecule has 0 amide bonds. The Balaban J connectivity index is 1.27. The fourth-order valence-corrected chi connectivity index (χ4v) is 3.96. The van der Waals surface area contributed by atoms with E-state index in [9.17, 15) is 5.11 Å². The first-order valence-electron chi connectivity index (χ1n) is 11.3. The number of para-hydroxylation sites is 1. The summed E-state index contributed by atoms with van der Waals surface area (Å²) in [5.41, 5.74) is 4.87. The highest BCUT2D eigenvalue weighted by atomic mass is 16.4. The molecule has 178 valence electrons. The van der Waals surface area contributed by atoms with Crippen molar-refractivity contribution in [1.82, 2.24) is 30.4 Å². The van der Waals surface area contributed by atoms with Crippen LogP contribution in [0.25, 0.3) is 22.8 Å². The molecule has 0 spiro atoms. The molecular weight excluding hydrogens is 458 g/mol. The second-order valence-electron chi connectivity index (χ2n) is 8.16. The summed E-state index contributed by atoms with van der Waals surface area (Å²) in [5, 5.41) is 37.4. The van der Waals surface area contributed by atoms with E-state index in [1.807, 2.05) is 78.9 Å². The topological polar surface area (TPSA) is 139 Å². The molecule has 3 aromatic carbocycles.